The van der Waals surface area contributed by atoms with Crippen LogP contribution in [0.3, 0.4) is 0 Å². The first-order valence-corrected chi connectivity index (χ1v) is 6.83. The second kappa shape index (κ2) is 4.94. The molecule has 110 valence electrons. The lowest BCUT2D eigenvalue weighted by Crippen LogP contribution is -2.43. The van der Waals surface area contributed by atoms with Crippen LogP contribution in [-0.4, -0.2) is 25.8 Å². The first kappa shape index (κ1) is 14.6. The van der Waals surface area contributed by atoms with Crippen molar-refractivity contribution in [3.8, 4) is 0 Å². The van der Waals surface area contributed by atoms with Crippen molar-refractivity contribution in [2.45, 2.75) is 18.6 Å². The van der Waals surface area contributed by atoms with Crippen LogP contribution in [0.4, 0.5) is 18.0 Å². The first-order valence-electron chi connectivity index (χ1n) is 5.35. The van der Waals surface area contributed by atoms with Crippen LogP contribution in [0, 0.1) is 11.6 Å². The van der Waals surface area contributed by atoms with Gasteiger partial charge in [0.2, 0.25) is 0 Å². The molecule has 0 saturated heterocycles. The summed E-state index contributed by atoms with van der Waals surface area (Å²) in [6.45, 7) is 0. The maximum Gasteiger partial charge on any atom is 0.419 e. The quantitative estimate of drug-likeness (QED) is 0.776. The van der Waals surface area contributed by atoms with Gasteiger partial charge in [-0.25, -0.2) is 22.7 Å². The Morgan fingerprint density at radius 2 is 1.90 bits per heavy atom. The molecule has 10 heteroatoms. The van der Waals surface area contributed by atoms with Crippen molar-refractivity contribution in [2.24, 2.45) is 0 Å². The number of carbonyl (C=O) groups is 1. The number of carboxylic acid groups (broad SMARTS) is 1. The smallest absolute Gasteiger partial charge is 0.419 e. The van der Waals surface area contributed by atoms with Crippen LogP contribution in [-0.2, 0) is 16.6 Å². The molecule has 2 unspecified atom stereocenters. The zero-order chi connectivity index (χ0) is 15.1. The number of benzene rings is 1. The number of fused-ring (bicyclic) bond motifs is 1. The van der Waals surface area contributed by atoms with Gasteiger partial charge in [-0.2, -0.15) is 13.1 Å². The predicted octanol–water partition coefficient (Wildman–Crippen LogP) is 1.00. The van der Waals surface area contributed by atoms with E-state index in [1.54, 1.807) is 4.72 Å². The van der Waals surface area contributed by atoms with Crippen LogP contribution in [0.5, 0.6) is 0 Å². The summed E-state index contributed by atoms with van der Waals surface area (Å²) in [5.41, 5.74) is -0.714. The number of halogens is 3. The van der Waals surface area contributed by atoms with Gasteiger partial charge in [0.1, 0.15) is 17.8 Å². The van der Waals surface area contributed by atoms with Crippen LogP contribution >= 0.6 is 0 Å². The topological polar surface area (TPSA) is 95.5 Å². The number of nitrogens with one attached hydrogen (secondary N) is 2. The van der Waals surface area contributed by atoms with E-state index in [-0.39, 0.29) is 5.56 Å². The average molecular weight is 310 g/mol. The maximum absolute atomic E-state index is 13.8. The molecule has 1 aliphatic carbocycles. The van der Waals surface area contributed by atoms with E-state index < -0.39 is 52.1 Å². The molecule has 20 heavy (non-hydrogen) atoms. The van der Waals surface area contributed by atoms with Crippen molar-refractivity contribution in [3.05, 3.63) is 34.9 Å². The molecule has 1 amide bonds. The minimum Gasteiger partial charge on any atom is -0.464 e. The molecule has 1 aromatic carbocycles. The fourth-order valence-corrected chi connectivity index (χ4v) is 2.98. The summed E-state index contributed by atoms with van der Waals surface area (Å²) in [6, 6.07) is -0.122. The summed E-state index contributed by atoms with van der Waals surface area (Å²) < 4.78 is 66.4. The van der Waals surface area contributed by atoms with E-state index in [0.717, 1.165) is 16.9 Å². The average Bonchev–Trinajstić information content (AvgIpc) is 2.60. The first-order chi connectivity index (χ1) is 9.21. The number of amides is 1. The van der Waals surface area contributed by atoms with Crippen molar-refractivity contribution >= 4 is 16.3 Å². The van der Waals surface area contributed by atoms with Crippen LogP contribution in [0.25, 0.3) is 0 Å². The second-order valence-corrected chi connectivity index (χ2v) is 5.59. The van der Waals surface area contributed by atoms with Gasteiger partial charge in [0.15, 0.2) is 0 Å². The second-order valence-electron chi connectivity index (χ2n) is 4.15. The van der Waals surface area contributed by atoms with Crippen LogP contribution in [0.2, 0.25) is 0 Å². The Bertz CT molecular complexity index is 665. The van der Waals surface area contributed by atoms with Crippen LogP contribution in [0.15, 0.2) is 12.1 Å². The van der Waals surface area contributed by atoms with Crippen molar-refractivity contribution in [1.82, 2.24) is 9.44 Å². The lowest BCUT2D eigenvalue weighted by molar-refractivity contribution is 0.200. The van der Waals surface area contributed by atoms with Crippen molar-refractivity contribution < 1.29 is 31.5 Å². The summed E-state index contributed by atoms with van der Waals surface area (Å²) in [4.78, 5) is 10.3. The zero-order valence-electron chi connectivity index (χ0n) is 9.73. The largest absolute Gasteiger partial charge is 0.464 e. The molecule has 0 fully saturated rings. The minimum absolute atomic E-state index is 0.263. The molecule has 0 spiro atoms. The highest BCUT2D eigenvalue weighted by Crippen LogP contribution is 2.37. The fraction of sp³-hybridized carbons (Fsp3) is 0.300. The van der Waals surface area contributed by atoms with Crippen molar-refractivity contribution in [2.75, 3.05) is 0 Å². The fourth-order valence-electron chi connectivity index (χ4n) is 2.09. The lowest BCUT2D eigenvalue weighted by atomic mass is 10.1. The number of hydrogen-bond acceptors (Lipinski definition) is 3. The SMILES string of the molecule is O=C(O)NS(=O)(=O)NC1c2c(F)ccc(F)c2CC1F. The normalized spacial score (nSPS) is 21.6. The van der Waals surface area contributed by atoms with E-state index in [1.165, 1.54) is 0 Å². The Hall–Kier alpha value is -1.81. The lowest BCUT2D eigenvalue weighted by Gasteiger charge is -2.16. The van der Waals surface area contributed by atoms with Gasteiger partial charge in [-0.05, 0) is 17.7 Å². The molecular weight excluding hydrogens is 301 g/mol. The monoisotopic (exact) mass is 310 g/mol. The van der Waals surface area contributed by atoms with Gasteiger partial charge in [0.25, 0.3) is 0 Å². The standard InChI is InChI=1S/C10H9F3N2O4S/c11-5-1-2-6(12)8-4(5)3-7(13)9(8)14-20(18,19)15-10(16)17/h1-2,7,9,14-15H,3H2,(H,16,17). The van der Waals surface area contributed by atoms with E-state index >= 15 is 0 Å². The van der Waals surface area contributed by atoms with Crippen LogP contribution < -0.4 is 9.44 Å². The predicted molar refractivity (Wildman–Crippen MR) is 60.9 cm³/mol. The van der Waals surface area contributed by atoms with Gasteiger partial charge in [0.05, 0.1) is 6.04 Å². The number of hydrogen-bond donors (Lipinski definition) is 3. The summed E-state index contributed by atoms with van der Waals surface area (Å²) >= 11 is 0. The molecule has 2 rings (SSSR count). The van der Waals surface area contributed by atoms with Gasteiger partial charge < -0.3 is 5.11 Å². The van der Waals surface area contributed by atoms with Gasteiger partial charge >= 0.3 is 16.3 Å². The highest BCUT2D eigenvalue weighted by atomic mass is 32.2. The molecule has 2 atom stereocenters. The molecule has 0 radical (unpaired) electrons. The van der Waals surface area contributed by atoms with Crippen LogP contribution in [0.1, 0.15) is 17.2 Å². The third kappa shape index (κ3) is 2.70. The van der Waals surface area contributed by atoms with Gasteiger partial charge in [-0.1, -0.05) is 0 Å². The van der Waals surface area contributed by atoms with Gasteiger partial charge in [-0.15, -0.1) is 0 Å². The number of rotatable bonds is 3. The summed E-state index contributed by atoms with van der Waals surface area (Å²) in [5.74, 6) is -1.82. The minimum atomic E-state index is -4.60. The Morgan fingerprint density at radius 3 is 2.50 bits per heavy atom. The molecular formula is C10H9F3N2O4S. The Labute approximate surface area is 111 Å². The summed E-state index contributed by atoms with van der Waals surface area (Å²) in [6.07, 6.45) is -4.29. The van der Waals surface area contributed by atoms with E-state index in [9.17, 15) is 26.4 Å². The molecule has 0 aliphatic heterocycles. The van der Waals surface area contributed by atoms with Crippen molar-refractivity contribution in [3.63, 3.8) is 0 Å². The van der Waals surface area contributed by atoms with Crippen molar-refractivity contribution in [1.29, 1.82) is 0 Å². The summed E-state index contributed by atoms with van der Waals surface area (Å²) in [5, 5.41) is 8.32. The highest BCUT2D eigenvalue weighted by Gasteiger charge is 2.39. The molecule has 1 aromatic rings. The Morgan fingerprint density at radius 1 is 1.30 bits per heavy atom. The molecule has 0 bridgehead atoms. The Balaban J connectivity index is 2.37. The molecule has 3 N–H and O–H groups in total. The molecule has 1 aliphatic rings. The molecule has 6 nitrogen and oxygen atoms in total. The molecule has 0 saturated carbocycles. The van der Waals surface area contributed by atoms with Gasteiger partial charge in [-0.3, -0.25) is 0 Å². The van der Waals surface area contributed by atoms with E-state index in [4.69, 9.17) is 5.11 Å². The van der Waals surface area contributed by atoms with E-state index in [0.29, 0.717) is 0 Å². The maximum atomic E-state index is 13.8. The van der Waals surface area contributed by atoms with Gasteiger partial charge in [0, 0.05) is 12.0 Å². The highest BCUT2D eigenvalue weighted by molar-refractivity contribution is 7.88. The summed E-state index contributed by atoms with van der Waals surface area (Å²) in [7, 11) is -4.60. The third-order valence-electron chi connectivity index (χ3n) is 2.82. The van der Waals surface area contributed by atoms with E-state index in [1.807, 2.05) is 0 Å². The Kier molecular flexibility index (Phi) is 3.61. The molecule has 0 heterocycles. The molecule has 0 aromatic heterocycles. The zero-order valence-corrected chi connectivity index (χ0v) is 10.5. The third-order valence-corrected chi connectivity index (χ3v) is 3.83. The number of alkyl halides is 1. The van der Waals surface area contributed by atoms with E-state index in [2.05, 4.69) is 0 Å².